The van der Waals surface area contributed by atoms with Gasteiger partial charge in [-0.15, -0.1) is 0 Å². The minimum atomic E-state index is -0.955. The molecule has 1 aromatic rings. The number of hydrogen-bond acceptors (Lipinski definition) is 4. The Bertz CT molecular complexity index is 520. The monoisotopic (exact) mass is 284 g/mol. The number of carbonyl (C=O) groups is 1. The van der Waals surface area contributed by atoms with Crippen LogP contribution in [0.25, 0.3) is 0 Å². The van der Waals surface area contributed by atoms with E-state index in [2.05, 4.69) is 0 Å². The lowest BCUT2D eigenvalue weighted by atomic mass is 10.0. The SMILES string of the molecule is O=C(O)C1CCCCN1c1ccc(Cl)cc1[N+](=O)[O-]. The molecule has 1 aromatic carbocycles. The van der Waals surface area contributed by atoms with Gasteiger partial charge in [0.05, 0.1) is 4.92 Å². The second-order valence-electron chi connectivity index (χ2n) is 4.43. The van der Waals surface area contributed by atoms with Crippen molar-refractivity contribution in [2.75, 3.05) is 11.4 Å². The molecule has 0 aliphatic carbocycles. The third kappa shape index (κ3) is 2.78. The molecule has 2 rings (SSSR count). The first-order chi connectivity index (χ1) is 9.00. The van der Waals surface area contributed by atoms with Crippen LogP contribution in [0.1, 0.15) is 19.3 Å². The molecule has 0 radical (unpaired) electrons. The van der Waals surface area contributed by atoms with Crippen LogP contribution in [0.4, 0.5) is 11.4 Å². The highest BCUT2D eigenvalue weighted by Crippen LogP contribution is 2.34. The van der Waals surface area contributed by atoms with E-state index in [4.69, 9.17) is 11.6 Å². The van der Waals surface area contributed by atoms with E-state index in [9.17, 15) is 20.0 Å². The molecule has 1 aliphatic rings. The zero-order valence-electron chi connectivity index (χ0n) is 10.1. The third-order valence-electron chi connectivity index (χ3n) is 3.23. The number of hydrogen-bond donors (Lipinski definition) is 1. The maximum atomic E-state index is 11.2. The van der Waals surface area contributed by atoms with E-state index in [1.54, 1.807) is 4.90 Å². The van der Waals surface area contributed by atoms with Crippen LogP contribution in [0.2, 0.25) is 5.02 Å². The highest BCUT2D eigenvalue weighted by Gasteiger charge is 2.32. The smallest absolute Gasteiger partial charge is 0.326 e. The van der Waals surface area contributed by atoms with Gasteiger partial charge in [-0.3, -0.25) is 10.1 Å². The average molecular weight is 285 g/mol. The summed E-state index contributed by atoms with van der Waals surface area (Å²) in [6.45, 7) is 0.499. The van der Waals surface area contributed by atoms with E-state index in [1.165, 1.54) is 18.2 Å². The van der Waals surface area contributed by atoms with Crippen molar-refractivity contribution in [2.24, 2.45) is 0 Å². The number of nitrogens with zero attached hydrogens (tertiary/aromatic N) is 2. The summed E-state index contributed by atoms with van der Waals surface area (Å²) in [6, 6.07) is 3.59. The van der Waals surface area contributed by atoms with Crippen molar-refractivity contribution in [3.63, 3.8) is 0 Å². The summed E-state index contributed by atoms with van der Waals surface area (Å²) in [4.78, 5) is 23.4. The topological polar surface area (TPSA) is 83.7 Å². The van der Waals surface area contributed by atoms with Crippen LogP contribution in [0.3, 0.4) is 0 Å². The molecule has 1 aliphatic heterocycles. The molecular weight excluding hydrogens is 272 g/mol. The number of anilines is 1. The van der Waals surface area contributed by atoms with E-state index >= 15 is 0 Å². The summed E-state index contributed by atoms with van der Waals surface area (Å²) >= 11 is 5.76. The molecule has 0 saturated carbocycles. The normalized spacial score (nSPS) is 19.2. The van der Waals surface area contributed by atoms with Crippen LogP contribution in [0.5, 0.6) is 0 Å². The molecule has 1 fully saturated rings. The van der Waals surface area contributed by atoms with Crippen LogP contribution >= 0.6 is 11.6 Å². The van der Waals surface area contributed by atoms with Gasteiger partial charge in [-0.25, -0.2) is 4.79 Å². The van der Waals surface area contributed by atoms with Crippen molar-refractivity contribution in [3.05, 3.63) is 33.3 Å². The molecule has 1 atom stereocenters. The molecule has 6 nitrogen and oxygen atoms in total. The fourth-order valence-corrected chi connectivity index (χ4v) is 2.53. The van der Waals surface area contributed by atoms with Crippen molar-refractivity contribution in [3.8, 4) is 0 Å². The van der Waals surface area contributed by atoms with Crippen molar-refractivity contribution >= 4 is 28.9 Å². The Labute approximate surface area is 114 Å². The van der Waals surface area contributed by atoms with Gasteiger partial charge >= 0.3 is 5.97 Å². The van der Waals surface area contributed by atoms with Gasteiger partial charge in [-0.05, 0) is 31.4 Å². The first-order valence-corrected chi connectivity index (χ1v) is 6.32. The number of nitro groups is 1. The lowest BCUT2D eigenvalue weighted by Crippen LogP contribution is -2.45. The Morgan fingerprint density at radius 1 is 1.47 bits per heavy atom. The van der Waals surface area contributed by atoms with Gasteiger partial charge in [-0.2, -0.15) is 0 Å². The van der Waals surface area contributed by atoms with Crippen LogP contribution in [0, 0.1) is 10.1 Å². The van der Waals surface area contributed by atoms with Gasteiger partial charge in [0, 0.05) is 17.6 Å². The quantitative estimate of drug-likeness (QED) is 0.681. The number of rotatable bonds is 3. The molecule has 1 saturated heterocycles. The summed E-state index contributed by atoms with van der Waals surface area (Å²) < 4.78 is 0. The number of carboxylic acid groups (broad SMARTS) is 1. The number of piperidine rings is 1. The summed E-state index contributed by atoms with van der Waals surface area (Å²) in [7, 11) is 0. The summed E-state index contributed by atoms with van der Waals surface area (Å²) in [5.74, 6) is -0.955. The molecule has 1 unspecified atom stereocenters. The van der Waals surface area contributed by atoms with Crippen LogP contribution in [-0.2, 0) is 4.79 Å². The van der Waals surface area contributed by atoms with Crippen molar-refractivity contribution in [1.82, 2.24) is 0 Å². The third-order valence-corrected chi connectivity index (χ3v) is 3.47. The van der Waals surface area contributed by atoms with Gasteiger partial charge in [0.25, 0.3) is 5.69 Å². The lowest BCUT2D eigenvalue weighted by Gasteiger charge is -2.34. The molecule has 0 spiro atoms. The molecule has 102 valence electrons. The molecule has 1 heterocycles. The number of benzene rings is 1. The summed E-state index contributed by atoms with van der Waals surface area (Å²) in [5.41, 5.74) is 0.169. The Hall–Kier alpha value is -1.82. The summed E-state index contributed by atoms with van der Waals surface area (Å²) in [5, 5.41) is 20.5. The maximum absolute atomic E-state index is 11.2. The number of halogens is 1. The molecule has 19 heavy (non-hydrogen) atoms. The van der Waals surface area contributed by atoms with E-state index in [0.717, 1.165) is 12.8 Å². The van der Waals surface area contributed by atoms with Crippen LogP contribution in [0.15, 0.2) is 18.2 Å². The zero-order chi connectivity index (χ0) is 14.0. The minimum Gasteiger partial charge on any atom is -0.480 e. The highest BCUT2D eigenvalue weighted by molar-refractivity contribution is 6.30. The van der Waals surface area contributed by atoms with E-state index < -0.39 is 16.9 Å². The number of carboxylic acids is 1. The molecule has 7 heteroatoms. The predicted octanol–water partition coefficient (Wildman–Crippen LogP) is 2.69. The zero-order valence-corrected chi connectivity index (χ0v) is 10.8. The standard InChI is InChI=1S/C12H13ClN2O4/c13-8-4-5-9(11(7-8)15(18)19)14-6-2-1-3-10(14)12(16)17/h4-5,7,10H,1-3,6H2,(H,16,17). The lowest BCUT2D eigenvalue weighted by molar-refractivity contribution is -0.384. The van der Waals surface area contributed by atoms with Crippen LogP contribution in [-0.4, -0.2) is 28.6 Å². The Balaban J connectivity index is 2.44. The minimum absolute atomic E-state index is 0.152. The van der Waals surface area contributed by atoms with Gasteiger partial charge in [-0.1, -0.05) is 11.6 Å². The van der Waals surface area contributed by atoms with Crippen molar-refractivity contribution in [1.29, 1.82) is 0 Å². The maximum Gasteiger partial charge on any atom is 0.326 e. The average Bonchev–Trinajstić information content (AvgIpc) is 2.38. The van der Waals surface area contributed by atoms with Crippen molar-refractivity contribution < 1.29 is 14.8 Å². The number of aliphatic carboxylic acids is 1. The first kappa shape index (κ1) is 13.6. The molecule has 0 bridgehead atoms. The second kappa shape index (κ2) is 5.44. The summed E-state index contributed by atoms with van der Waals surface area (Å²) in [6.07, 6.45) is 2.13. The highest BCUT2D eigenvalue weighted by atomic mass is 35.5. The number of nitro benzene ring substituents is 1. The molecule has 0 amide bonds. The largest absolute Gasteiger partial charge is 0.480 e. The Morgan fingerprint density at radius 3 is 2.84 bits per heavy atom. The molecule has 0 aromatic heterocycles. The predicted molar refractivity (Wildman–Crippen MR) is 70.7 cm³/mol. The van der Waals surface area contributed by atoms with E-state index in [0.29, 0.717) is 18.7 Å². The Morgan fingerprint density at radius 2 is 2.21 bits per heavy atom. The van der Waals surface area contributed by atoms with Crippen LogP contribution < -0.4 is 4.90 Å². The van der Waals surface area contributed by atoms with E-state index in [1.807, 2.05) is 0 Å². The van der Waals surface area contributed by atoms with E-state index in [-0.39, 0.29) is 10.7 Å². The van der Waals surface area contributed by atoms with Crippen molar-refractivity contribution in [2.45, 2.75) is 25.3 Å². The fraction of sp³-hybridized carbons (Fsp3) is 0.417. The molecule has 1 N–H and O–H groups in total. The van der Waals surface area contributed by atoms with Gasteiger partial charge < -0.3 is 10.0 Å². The fourth-order valence-electron chi connectivity index (χ4n) is 2.36. The van der Waals surface area contributed by atoms with Gasteiger partial charge in [0.15, 0.2) is 0 Å². The second-order valence-corrected chi connectivity index (χ2v) is 4.87. The Kier molecular flexibility index (Phi) is 3.90. The first-order valence-electron chi connectivity index (χ1n) is 5.94. The molecular formula is C12H13ClN2O4. The van der Waals surface area contributed by atoms with Gasteiger partial charge in [0.2, 0.25) is 0 Å². The van der Waals surface area contributed by atoms with Gasteiger partial charge in [0.1, 0.15) is 11.7 Å².